The number of thiazole rings is 1. The molecule has 2 aromatic heterocycles. The molecule has 0 aliphatic heterocycles. The summed E-state index contributed by atoms with van der Waals surface area (Å²) < 4.78 is 5.25. The van der Waals surface area contributed by atoms with Gasteiger partial charge in [0, 0.05) is 16.8 Å². The van der Waals surface area contributed by atoms with Crippen molar-refractivity contribution in [3.63, 3.8) is 0 Å². The molecule has 1 aromatic carbocycles. The number of benzene rings is 1. The number of nitrogens with zero attached hydrogens (tertiary/aromatic N) is 2. The zero-order valence-corrected chi connectivity index (χ0v) is 13.6. The van der Waals surface area contributed by atoms with Crippen LogP contribution in [-0.4, -0.2) is 17.1 Å². The molecular formula is C16H15ClN2OS. The maximum Gasteiger partial charge on any atom is 0.142 e. The van der Waals surface area contributed by atoms with Crippen LogP contribution in [-0.2, 0) is 0 Å². The molecule has 3 nitrogen and oxygen atoms in total. The van der Waals surface area contributed by atoms with E-state index in [2.05, 4.69) is 29.2 Å². The Morgan fingerprint density at radius 2 is 2.00 bits per heavy atom. The molecule has 3 rings (SSSR count). The van der Waals surface area contributed by atoms with Gasteiger partial charge in [-0.25, -0.2) is 9.97 Å². The summed E-state index contributed by atoms with van der Waals surface area (Å²) in [7, 11) is 1.64. The monoisotopic (exact) mass is 318 g/mol. The molecule has 3 aromatic rings. The lowest BCUT2D eigenvalue weighted by atomic mass is 10.1. The van der Waals surface area contributed by atoms with Gasteiger partial charge in [-0.2, -0.15) is 0 Å². The fourth-order valence-corrected chi connectivity index (χ4v) is 3.28. The third-order valence-electron chi connectivity index (χ3n) is 3.30. The summed E-state index contributed by atoms with van der Waals surface area (Å²) in [5.74, 6) is 1.18. The second-order valence-electron chi connectivity index (χ2n) is 5.10. The minimum Gasteiger partial charge on any atom is -0.497 e. The number of ether oxygens (including phenoxy) is 1. The number of hydrogen-bond donors (Lipinski definition) is 0. The average molecular weight is 319 g/mol. The lowest BCUT2D eigenvalue weighted by Crippen LogP contribution is -1.90. The van der Waals surface area contributed by atoms with Gasteiger partial charge in [0.2, 0.25) is 0 Å². The maximum absolute atomic E-state index is 6.37. The number of methoxy groups -OCH3 is 1. The Labute approximate surface area is 132 Å². The van der Waals surface area contributed by atoms with Crippen molar-refractivity contribution in [2.75, 3.05) is 7.11 Å². The molecule has 0 aliphatic rings. The minimum atomic E-state index is 0.408. The van der Waals surface area contributed by atoms with E-state index >= 15 is 0 Å². The zero-order chi connectivity index (χ0) is 15.0. The van der Waals surface area contributed by atoms with Crippen molar-refractivity contribution < 1.29 is 4.74 Å². The van der Waals surface area contributed by atoms with Crippen molar-refractivity contribution in [3.05, 3.63) is 40.4 Å². The normalized spacial score (nSPS) is 11.3. The Bertz CT molecular complexity index is 798. The van der Waals surface area contributed by atoms with E-state index in [4.69, 9.17) is 16.3 Å². The summed E-state index contributed by atoms with van der Waals surface area (Å²) in [5.41, 5.74) is 2.70. The molecule has 0 spiro atoms. The summed E-state index contributed by atoms with van der Waals surface area (Å²) in [6.07, 6.45) is 0. The van der Waals surface area contributed by atoms with Crippen LogP contribution < -0.4 is 4.74 Å². The van der Waals surface area contributed by atoms with Crippen molar-refractivity contribution in [1.82, 2.24) is 9.97 Å². The first-order valence-corrected chi connectivity index (χ1v) is 7.94. The molecule has 0 atom stereocenters. The number of aromatic nitrogens is 2. The van der Waals surface area contributed by atoms with Crippen LogP contribution >= 0.6 is 22.9 Å². The molecule has 0 saturated heterocycles. The van der Waals surface area contributed by atoms with Gasteiger partial charge in [0.25, 0.3) is 0 Å². The zero-order valence-electron chi connectivity index (χ0n) is 12.1. The molecule has 0 N–H and O–H groups in total. The van der Waals surface area contributed by atoms with Gasteiger partial charge in [-0.3, -0.25) is 0 Å². The van der Waals surface area contributed by atoms with Crippen LogP contribution in [0.3, 0.4) is 0 Å². The summed E-state index contributed by atoms with van der Waals surface area (Å²) in [4.78, 5) is 9.31. The second kappa shape index (κ2) is 5.62. The molecule has 0 fully saturated rings. The smallest absolute Gasteiger partial charge is 0.142 e. The standard InChI is InChI=1S/C16H15ClN2OS/c1-9(2)15-8-21-16(19-15)14-7-12(17)11-5-4-10(20-3)6-13(11)18-14/h4-9H,1-3H3. The number of rotatable bonds is 3. The van der Waals surface area contributed by atoms with Crippen LogP contribution in [0.5, 0.6) is 5.75 Å². The van der Waals surface area contributed by atoms with Crippen LogP contribution in [0.2, 0.25) is 5.02 Å². The van der Waals surface area contributed by atoms with E-state index < -0.39 is 0 Å². The Balaban J connectivity index is 2.13. The molecule has 0 aliphatic carbocycles. The number of fused-ring (bicyclic) bond motifs is 1. The Morgan fingerprint density at radius 1 is 1.19 bits per heavy atom. The fourth-order valence-electron chi connectivity index (χ4n) is 2.07. The molecule has 0 amide bonds. The van der Waals surface area contributed by atoms with Gasteiger partial charge in [-0.15, -0.1) is 11.3 Å². The predicted octanol–water partition coefficient (Wildman–Crippen LogP) is 5.14. The van der Waals surface area contributed by atoms with Crippen molar-refractivity contribution >= 4 is 33.8 Å². The van der Waals surface area contributed by atoms with E-state index in [0.29, 0.717) is 10.9 Å². The highest BCUT2D eigenvalue weighted by Gasteiger charge is 2.12. The third kappa shape index (κ3) is 2.74. The topological polar surface area (TPSA) is 35.0 Å². The molecule has 108 valence electrons. The SMILES string of the molecule is COc1ccc2c(Cl)cc(-c3nc(C(C)C)cs3)nc2c1. The van der Waals surface area contributed by atoms with Crippen molar-refractivity contribution in [3.8, 4) is 16.5 Å². The third-order valence-corrected chi connectivity index (χ3v) is 4.49. The second-order valence-corrected chi connectivity index (χ2v) is 6.37. The number of halogens is 1. The van der Waals surface area contributed by atoms with E-state index in [0.717, 1.165) is 33.0 Å². The summed E-state index contributed by atoms with van der Waals surface area (Å²) in [6.45, 7) is 4.26. The van der Waals surface area contributed by atoms with E-state index in [1.165, 1.54) is 0 Å². The first kappa shape index (κ1) is 14.3. The van der Waals surface area contributed by atoms with Gasteiger partial charge in [0.15, 0.2) is 0 Å². The summed E-state index contributed by atoms with van der Waals surface area (Å²) in [5, 5.41) is 4.57. The highest BCUT2D eigenvalue weighted by atomic mass is 35.5. The van der Waals surface area contributed by atoms with E-state index in [9.17, 15) is 0 Å². The molecule has 0 saturated carbocycles. The highest BCUT2D eigenvalue weighted by molar-refractivity contribution is 7.13. The maximum atomic E-state index is 6.37. The van der Waals surface area contributed by atoms with E-state index in [1.54, 1.807) is 18.4 Å². The molecule has 21 heavy (non-hydrogen) atoms. The predicted molar refractivity (Wildman–Crippen MR) is 88.5 cm³/mol. The van der Waals surface area contributed by atoms with Crippen molar-refractivity contribution in [2.24, 2.45) is 0 Å². The summed E-state index contributed by atoms with van der Waals surface area (Å²) in [6, 6.07) is 7.57. The molecule has 0 radical (unpaired) electrons. The largest absolute Gasteiger partial charge is 0.497 e. The lowest BCUT2D eigenvalue weighted by molar-refractivity contribution is 0.415. The first-order valence-electron chi connectivity index (χ1n) is 6.68. The minimum absolute atomic E-state index is 0.408. The molecule has 2 heterocycles. The van der Waals surface area contributed by atoms with Crippen molar-refractivity contribution in [1.29, 1.82) is 0 Å². The van der Waals surface area contributed by atoms with Gasteiger partial charge in [0.1, 0.15) is 16.5 Å². The quantitative estimate of drug-likeness (QED) is 0.670. The van der Waals surface area contributed by atoms with Crippen LogP contribution in [0.25, 0.3) is 21.6 Å². The Hall–Kier alpha value is -1.65. The van der Waals surface area contributed by atoms with E-state index in [1.807, 2.05) is 24.3 Å². The molecular weight excluding hydrogens is 304 g/mol. The van der Waals surface area contributed by atoms with Crippen molar-refractivity contribution in [2.45, 2.75) is 19.8 Å². The average Bonchev–Trinajstić information content (AvgIpc) is 2.96. The highest BCUT2D eigenvalue weighted by Crippen LogP contribution is 2.32. The molecule has 0 bridgehead atoms. The van der Waals surface area contributed by atoms with Crippen LogP contribution in [0.1, 0.15) is 25.5 Å². The molecule has 5 heteroatoms. The van der Waals surface area contributed by atoms with E-state index in [-0.39, 0.29) is 0 Å². The van der Waals surface area contributed by atoms with Gasteiger partial charge < -0.3 is 4.74 Å². The van der Waals surface area contributed by atoms with Gasteiger partial charge >= 0.3 is 0 Å². The van der Waals surface area contributed by atoms with Gasteiger partial charge in [0.05, 0.1) is 23.3 Å². The molecule has 0 unspecified atom stereocenters. The Morgan fingerprint density at radius 3 is 2.67 bits per heavy atom. The lowest BCUT2D eigenvalue weighted by Gasteiger charge is -2.05. The number of pyridine rings is 1. The van der Waals surface area contributed by atoms with Crippen LogP contribution in [0, 0.1) is 0 Å². The van der Waals surface area contributed by atoms with Crippen LogP contribution in [0.4, 0.5) is 0 Å². The summed E-state index contributed by atoms with van der Waals surface area (Å²) >= 11 is 7.97. The first-order chi connectivity index (χ1) is 10.1. The van der Waals surface area contributed by atoms with Gasteiger partial charge in [-0.05, 0) is 24.1 Å². The van der Waals surface area contributed by atoms with Gasteiger partial charge in [-0.1, -0.05) is 25.4 Å². The number of hydrogen-bond acceptors (Lipinski definition) is 4. The van der Waals surface area contributed by atoms with Crippen LogP contribution in [0.15, 0.2) is 29.6 Å². The fraction of sp³-hybridized carbons (Fsp3) is 0.250. The Kier molecular flexibility index (Phi) is 3.83.